The van der Waals surface area contributed by atoms with Crippen LogP contribution in [0.4, 0.5) is 0 Å². The highest BCUT2D eigenvalue weighted by Gasteiger charge is 2.53. The lowest BCUT2D eigenvalue weighted by molar-refractivity contribution is -0.0758. The third-order valence-corrected chi connectivity index (χ3v) is 6.13. The van der Waals surface area contributed by atoms with Crippen molar-refractivity contribution in [1.82, 2.24) is 5.32 Å². The van der Waals surface area contributed by atoms with Crippen molar-refractivity contribution in [2.24, 2.45) is 23.2 Å². The number of nitrogens with one attached hydrogen (secondary N) is 1. The first-order chi connectivity index (χ1) is 8.92. The summed E-state index contributed by atoms with van der Waals surface area (Å²) in [4.78, 5) is 0. The van der Waals surface area contributed by atoms with Gasteiger partial charge in [0.05, 0.1) is 12.2 Å². The average molecular weight is 267 g/mol. The lowest BCUT2D eigenvalue weighted by Crippen LogP contribution is -2.57. The summed E-state index contributed by atoms with van der Waals surface area (Å²) in [5, 5.41) is 22.6. The Labute approximate surface area is 116 Å². The predicted octanol–water partition coefficient (Wildman–Crippen LogP) is 1.92. The summed E-state index contributed by atoms with van der Waals surface area (Å²) < 4.78 is 0. The summed E-state index contributed by atoms with van der Waals surface area (Å²) in [6, 6.07) is 0.457. The van der Waals surface area contributed by atoms with E-state index in [1.807, 2.05) is 0 Å². The molecule has 4 aliphatic rings. The Hall–Kier alpha value is -0.120. The van der Waals surface area contributed by atoms with Crippen molar-refractivity contribution in [3.63, 3.8) is 0 Å². The van der Waals surface area contributed by atoms with E-state index in [4.69, 9.17) is 5.11 Å². The van der Waals surface area contributed by atoms with Gasteiger partial charge in [0.25, 0.3) is 0 Å². The Morgan fingerprint density at radius 1 is 1.16 bits per heavy atom. The van der Waals surface area contributed by atoms with Gasteiger partial charge in [-0.15, -0.1) is 0 Å². The first-order valence-electron chi connectivity index (χ1n) is 7.99. The van der Waals surface area contributed by atoms with Crippen LogP contribution in [0, 0.1) is 23.2 Å². The second-order valence-corrected chi connectivity index (χ2v) is 8.04. The molecule has 0 aromatic heterocycles. The predicted molar refractivity (Wildman–Crippen MR) is 75.8 cm³/mol. The maximum Gasteiger partial charge on any atom is 0.0972 e. The number of hydrogen-bond acceptors (Lipinski definition) is 3. The Morgan fingerprint density at radius 3 is 2.05 bits per heavy atom. The van der Waals surface area contributed by atoms with Crippen LogP contribution < -0.4 is 5.32 Å². The van der Waals surface area contributed by atoms with E-state index in [2.05, 4.69) is 12.2 Å². The topological polar surface area (TPSA) is 52.5 Å². The van der Waals surface area contributed by atoms with Crippen LogP contribution in [-0.4, -0.2) is 35.0 Å². The van der Waals surface area contributed by atoms with Crippen LogP contribution in [0.25, 0.3) is 0 Å². The van der Waals surface area contributed by atoms with Gasteiger partial charge in [0, 0.05) is 12.6 Å². The number of aliphatic hydroxyl groups is 2. The molecule has 0 radical (unpaired) electrons. The zero-order chi connectivity index (χ0) is 13.7. The van der Waals surface area contributed by atoms with Crippen molar-refractivity contribution in [3.8, 4) is 0 Å². The first-order valence-corrected chi connectivity index (χ1v) is 7.99. The fourth-order valence-electron chi connectivity index (χ4n) is 5.35. The van der Waals surface area contributed by atoms with Gasteiger partial charge in [-0.1, -0.05) is 0 Å². The van der Waals surface area contributed by atoms with Gasteiger partial charge < -0.3 is 15.5 Å². The smallest absolute Gasteiger partial charge is 0.0972 e. The second kappa shape index (κ2) is 4.71. The Morgan fingerprint density at radius 2 is 1.63 bits per heavy atom. The van der Waals surface area contributed by atoms with E-state index in [1.165, 1.54) is 38.5 Å². The van der Waals surface area contributed by atoms with Crippen LogP contribution in [0.15, 0.2) is 0 Å². The minimum atomic E-state index is -0.990. The number of rotatable bonds is 5. The third-order valence-electron chi connectivity index (χ3n) is 6.13. The molecule has 4 bridgehead atoms. The zero-order valence-corrected chi connectivity index (χ0v) is 12.4. The summed E-state index contributed by atoms with van der Waals surface area (Å²) in [5.41, 5.74) is -0.517. The van der Waals surface area contributed by atoms with Gasteiger partial charge in [-0.25, -0.2) is 0 Å². The SMILES string of the molecule is CC(NCC(C)(O)CO)C12CC3CC(CC(C3)C1)C2. The van der Waals surface area contributed by atoms with Crippen molar-refractivity contribution in [2.45, 2.75) is 64.0 Å². The van der Waals surface area contributed by atoms with Crippen molar-refractivity contribution < 1.29 is 10.2 Å². The quantitative estimate of drug-likeness (QED) is 0.713. The van der Waals surface area contributed by atoms with Crippen molar-refractivity contribution in [3.05, 3.63) is 0 Å². The molecule has 0 heterocycles. The van der Waals surface area contributed by atoms with Crippen LogP contribution >= 0.6 is 0 Å². The molecule has 0 spiro atoms. The monoisotopic (exact) mass is 267 g/mol. The molecule has 4 aliphatic carbocycles. The molecule has 3 N–H and O–H groups in total. The van der Waals surface area contributed by atoms with Gasteiger partial charge in [-0.05, 0) is 75.5 Å². The number of hydrogen-bond donors (Lipinski definition) is 3. The molecule has 110 valence electrons. The van der Waals surface area contributed by atoms with Gasteiger partial charge in [0.2, 0.25) is 0 Å². The van der Waals surface area contributed by atoms with Crippen LogP contribution in [0.3, 0.4) is 0 Å². The average Bonchev–Trinajstić information content (AvgIpc) is 2.34. The minimum Gasteiger partial charge on any atom is -0.393 e. The van der Waals surface area contributed by atoms with E-state index in [0.717, 1.165) is 17.8 Å². The Bertz CT molecular complexity index is 304. The highest BCUT2D eigenvalue weighted by atomic mass is 16.3. The van der Waals surface area contributed by atoms with Crippen molar-refractivity contribution >= 4 is 0 Å². The summed E-state index contributed by atoms with van der Waals surface area (Å²) in [6.45, 7) is 4.31. The van der Waals surface area contributed by atoms with Gasteiger partial charge in [0.15, 0.2) is 0 Å². The lowest BCUT2D eigenvalue weighted by Gasteiger charge is -2.59. The van der Waals surface area contributed by atoms with E-state index in [0.29, 0.717) is 18.0 Å². The molecular formula is C16H29NO2. The zero-order valence-electron chi connectivity index (χ0n) is 12.4. The molecule has 0 saturated heterocycles. The van der Waals surface area contributed by atoms with Crippen molar-refractivity contribution in [2.75, 3.05) is 13.2 Å². The molecule has 2 unspecified atom stereocenters. The summed E-state index contributed by atoms with van der Waals surface area (Å²) in [5.74, 6) is 2.90. The second-order valence-electron chi connectivity index (χ2n) is 8.04. The van der Waals surface area contributed by atoms with Gasteiger partial charge in [-0.2, -0.15) is 0 Å². The molecule has 4 fully saturated rings. The lowest BCUT2D eigenvalue weighted by atomic mass is 9.48. The van der Waals surface area contributed by atoms with E-state index in [9.17, 15) is 5.11 Å². The molecule has 0 aromatic rings. The van der Waals surface area contributed by atoms with Crippen molar-refractivity contribution in [1.29, 1.82) is 0 Å². The summed E-state index contributed by atoms with van der Waals surface area (Å²) >= 11 is 0. The molecule has 4 rings (SSSR count). The van der Waals surface area contributed by atoms with Crippen LogP contribution in [0.5, 0.6) is 0 Å². The Kier molecular flexibility index (Phi) is 3.43. The molecule has 0 amide bonds. The van der Waals surface area contributed by atoms with E-state index < -0.39 is 5.60 Å². The minimum absolute atomic E-state index is 0.173. The molecule has 3 heteroatoms. The first kappa shape index (κ1) is 13.8. The van der Waals surface area contributed by atoms with Gasteiger partial charge in [0.1, 0.15) is 0 Å². The molecule has 0 aliphatic heterocycles. The van der Waals surface area contributed by atoms with E-state index in [1.54, 1.807) is 6.92 Å². The summed E-state index contributed by atoms with van der Waals surface area (Å²) in [7, 11) is 0. The standard InChI is InChI=1S/C16H29NO2/c1-11(17-9-15(2,19)10-18)16-6-12-3-13(7-16)5-14(4-12)8-16/h11-14,17-19H,3-10H2,1-2H3. The summed E-state index contributed by atoms with van der Waals surface area (Å²) in [6.07, 6.45) is 8.57. The van der Waals surface area contributed by atoms with Gasteiger partial charge in [-0.3, -0.25) is 0 Å². The van der Waals surface area contributed by atoms with E-state index >= 15 is 0 Å². The van der Waals surface area contributed by atoms with E-state index in [-0.39, 0.29) is 6.61 Å². The highest BCUT2D eigenvalue weighted by Crippen LogP contribution is 2.61. The fourth-order valence-corrected chi connectivity index (χ4v) is 5.35. The largest absolute Gasteiger partial charge is 0.393 e. The third kappa shape index (κ3) is 2.57. The van der Waals surface area contributed by atoms with Crippen LogP contribution in [0.2, 0.25) is 0 Å². The fraction of sp³-hybridized carbons (Fsp3) is 1.00. The number of aliphatic hydroxyl groups excluding tert-OH is 1. The Balaban J connectivity index is 1.64. The van der Waals surface area contributed by atoms with Crippen LogP contribution in [0.1, 0.15) is 52.4 Å². The molecule has 4 saturated carbocycles. The molecule has 0 aromatic carbocycles. The molecule has 2 atom stereocenters. The maximum atomic E-state index is 9.94. The molecule has 3 nitrogen and oxygen atoms in total. The highest BCUT2D eigenvalue weighted by molar-refractivity contribution is 5.05. The maximum absolute atomic E-state index is 9.94. The van der Waals surface area contributed by atoms with Gasteiger partial charge >= 0.3 is 0 Å². The van der Waals surface area contributed by atoms with Crippen LogP contribution in [-0.2, 0) is 0 Å². The molecular weight excluding hydrogens is 238 g/mol. The molecule has 19 heavy (non-hydrogen) atoms. The normalized spacial score (nSPS) is 45.2.